The summed E-state index contributed by atoms with van der Waals surface area (Å²) in [6, 6.07) is 4.41. The molecule has 2 N–H and O–H groups in total. The van der Waals surface area contributed by atoms with Gasteiger partial charge in [-0.15, -0.1) is 11.3 Å². The molecule has 0 saturated heterocycles. The normalized spacial score (nSPS) is 27.2. The van der Waals surface area contributed by atoms with E-state index in [9.17, 15) is 0 Å². The van der Waals surface area contributed by atoms with Crippen molar-refractivity contribution in [3.63, 3.8) is 0 Å². The zero-order valence-electron chi connectivity index (χ0n) is 9.79. The Balaban J connectivity index is 1.86. The molecule has 1 fully saturated rings. The van der Waals surface area contributed by atoms with Gasteiger partial charge in [0.2, 0.25) is 0 Å². The molecule has 1 aromatic heterocycles. The second kappa shape index (κ2) is 5.52. The van der Waals surface area contributed by atoms with Crippen LogP contribution < -0.4 is 5.73 Å². The van der Waals surface area contributed by atoms with Crippen molar-refractivity contribution in [3.05, 3.63) is 21.3 Å². The lowest BCUT2D eigenvalue weighted by Gasteiger charge is -2.18. The number of halogens is 1. The maximum atomic E-state index is 6.30. The molecule has 0 radical (unpaired) electrons. The van der Waals surface area contributed by atoms with Crippen molar-refractivity contribution in [1.82, 2.24) is 0 Å². The third-order valence-corrected chi connectivity index (χ3v) is 5.08. The van der Waals surface area contributed by atoms with Crippen LogP contribution in [-0.2, 0) is 6.42 Å². The summed E-state index contributed by atoms with van der Waals surface area (Å²) in [5.41, 5.74) is 6.30. The molecule has 1 aliphatic carbocycles. The predicted octanol–water partition coefficient (Wildman–Crippen LogP) is 4.10. The average Bonchev–Trinajstić information content (AvgIpc) is 2.87. The maximum absolute atomic E-state index is 6.30. The van der Waals surface area contributed by atoms with Gasteiger partial charge in [0.1, 0.15) is 0 Å². The van der Waals surface area contributed by atoms with Crippen molar-refractivity contribution in [2.45, 2.75) is 45.1 Å². The van der Waals surface area contributed by atoms with Crippen LogP contribution in [0.25, 0.3) is 0 Å². The standard InChI is InChI=1S/C13H20ClNS/c1-2-9-3-4-10(7-9)12(15)8-11-5-6-13(14)16-11/h5-6,9-10,12H,2-4,7-8,15H2,1H3. The fourth-order valence-electron chi connectivity index (χ4n) is 2.73. The molecule has 1 saturated carbocycles. The Morgan fingerprint density at radius 2 is 2.31 bits per heavy atom. The lowest BCUT2D eigenvalue weighted by Crippen LogP contribution is -2.30. The second-order valence-electron chi connectivity index (χ2n) is 4.92. The molecule has 1 nitrogen and oxygen atoms in total. The topological polar surface area (TPSA) is 26.0 Å². The number of rotatable bonds is 4. The minimum absolute atomic E-state index is 0.325. The summed E-state index contributed by atoms with van der Waals surface area (Å²) in [5.74, 6) is 1.65. The summed E-state index contributed by atoms with van der Waals surface area (Å²) in [7, 11) is 0. The number of hydrogen-bond donors (Lipinski definition) is 1. The van der Waals surface area contributed by atoms with Gasteiger partial charge < -0.3 is 5.73 Å². The van der Waals surface area contributed by atoms with E-state index in [4.69, 9.17) is 17.3 Å². The van der Waals surface area contributed by atoms with Crippen molar-refractivity contribution >= 4 is 22.9 Å². The van der Waals surface area contributed by atoms with Gasteiger partial charge in [-0.2, -0.15) is 0 Å². The molecule has 0 amide bonds. The fourth-order valence-corrected chi connectivity index (χ4v) is 3.89. The highest BCUT2D eigenvalue weighted by Gasteiger charge is 2.28. The Bertz CT molecular complexity index is 336. The first-order valence-electron chi connectivity index (χ1n) is 6.18. The molecule has 0 aromatic carbocycles. The molecule has 2 rings (SSSR count). The monoisotopic (exact) mass is 257 g/mol. The molecule has 1 aromatic rings. The smallest absolute Gasteiger partial charge is 0.0931 e. The van der Waals surface area contributed by atoms with E-state index in [1.54, 1.807) is 11.3 Å². The van der Waals surface area contributed by atoms with Crippen LogP contribution in [0, 0.1) is 11.8 Å². The van der Waals surface area contributed by atoms with Gasteiger partial charge in [0.05, 0.1) is 4.34 Å². The Kier molecular flexibility index (Phi) is 4.28. The summed E-state index contributed by atoms with van der Waals surface area (Å²) < 4.78 is 0.875. The first kappa shape index (κ1) is 12.4. The largest absolute Gasteiger partial charge is 0.327 e. The highest BCUT2D eigenvalue weighted by atomic mass is 35.5. The van der Waals surface area contributed by atoms with Crippen LogP contribution in [0.3, 0.4) is 0 Å². The first-order chi connectivity index (χ1) is 7.69. The van der Waals surface area contributed by atoms with Crippen molar-refractivity contribution in [3.8, 4) is 0 Å². The lowest BCUT2D eigenvalue weighted by atomic mass is 9.94. The Morgan fingerprint density at radius 3 is 2.88 bits per heavy atom. The molecule has 3 heteroatoms. The molecule has 3 atom stereocenters. The third-order valence-electron chi connectivity index (χ3n) is 3.83. The Hall–Kier alpha value is -0.0500. The number of hydrogen-bond acceptors (Lipinski definition) is 2. The molecule has 1 aliphatic rings. The Labute approximate surface area is 107 Å². The van der Waals surface area contributed by atoms with Crippen LogP contribution in [0.5, 0.6) is 0 Å². The Morgan fingerprint density at radius 1 is 1.50 bits per heavy atom. The van der Waals surface area contributed by atoms with E-state index in [-0.39, 0.29) is 0 Å². The van der Waals surface area contributed by atoms with Gasteiger partial charge in [0, 0.05) is 10.9 Å². The van der Waals surface area contributed by atoms with E-state index in [1.807, 2.05) is 6.07 Å². The third kappa shape index (κ3) is 2.99. The SMILES string of the molecule is CCC1CCC(C(N)Cc2ccc(Cl)s2)C1. The highest BCUT2D eigenvalue weighted by molar-refractivity contribution is 7.16. The van der Waals surface area contributed by atoms with Gasteiger partial charge in [-0.3, -0.25) is 0 Å². The van der Waals surface area contributed by atoms with E-state index >= 15 is 0 Å². The molecule has 0 bridgehead atoms. The number of nitrogens with two attached hydrogens (primary N) is 1. The molecular weight excluding hydrogens is 238 g/mol. The van der Waals surface area contributed by atoms with Crippen molar-refractivity contribution in [2.24, 2.45) is 17.6 Å². The van der Waals surface area contributed by atoms with Gasteiger partial charge >= 0.3 is 0 Å². The van der Waals surface area contributed by atoms with Crippen LogP contribution in [0.2, 0.25) is 4.34 Å². The zero-order chi connectivity index (χ0) is 11.5. The van der Waals surface area contributed by atoms with E-state index in [1.165, 1.54) is 30.6 Å². The summed E-state index contributed by atoms with van der Waals surface area (Å²) in [4.78, 5) is 1.33. The van der Waals surface area contributed by atoms with Crippen LogP contribution in [0.15, 0.2) is 12.1 Å². The molecular formula is C13H20ClNS. The zero-order valence-corrected chi connectivity index (χ0v) is 11.4. The van der Waals surface area contributed by atoms with Crippen molar-refractivity contribution in [2.75, 3.05) is 0 Å². The van der Waals surface area contributed by atoms with Gasteiger partial charge in [0.15, 0.2) is 0 Å². The summed E-state index contributed by atoms with van der Waals surface area (Å²) in [6.45, 7) is 2.29. The lowest BCUT2D eigenvalue weighted by molar-refractivity contribution is 0.406. The first-order valence-corrected chi connectivity index (χ1v) is 7.38. The summed E-state index contributed by atoms with van der Waals surface area (Å²) >= 11 is 7.59. The molecule has 0 aliphatic heterocycles. The predicted molar refractivity (Wildman–Crippen MR) is 72.1 cm³/mol. The molecule has 1 heterocycles. The molecule has 3 unspecified atom stereocenters. The van der Waals surface area contributed by atoms with Crippen LogP contribution in [0.1, 0.15) is 37.5 Å². The van der Waals surface area contributed by atoms with Gasteiger partial charge in [-0.25, -0.2) is 0 Å². The fraction of sp³-hybridized carbons (Fsp3) is 0.692. The van der Waals surface area contributed by atoms with Crippen molar-refractivity contribution in [1.29, 1.82) is 0 Å². The highest BCUT2D eigenvalue weighted by Crippen LogP contribution is 2.35. The second-order valence-corrected chi connectivity index (χ2v) is 6.72. The minimum Gasteiger partial charge on any atom is -0.327 e. The van der Waals surface area contributed by atoms with Crippen LogP contribution in [0.4, 0.5) is 0 Å². The van der Waals surface area contributed by atoms with Crippen LogP contribution >= 0.6 is 22.9 Å². The van der Waals surface area contributed by atoms with Gasteiger partial charge in [0.25, 0.3) is 0 Å². The summed E-state index contributed by atoms with van der Waals surface area (Å²) in [6.07, 6.45) is 6.34. The van der Waals surface area contributed by atoms with Crippen molar-refractivity contribution < 1.29 is 0 Å². The maximum Gasteiger partial charge on any atom is 0.0931 e. The quantitative estimate of drug-likeness (QED) is 0.864. The van der Waals surface area contributed by atoms with E-state index in [0.29, 0.717) is 6.04 Å². The number of thiophene rings is 1. The minimum atomic E-state index is 0.325. The van der Waals surface area contributed by atoms with Crippen LogP contribution in [-0.4, -0.2) is 6.04 Å². The average molecular weight is 258 g/mol. The molecule has 0 spiro atoms. The van der Waals surface area contributed by atoms with Gasteiger partial charge in [-0.05, 0) is 43.2 Å². The van der Waals surface area contributed by atoms with E-state index < -0.39 is 0 Å². The van der Waals surface area contributed by atoms with E-state index in [2.05, 4.69) is 13.0 Å². The van der Waals surface area contributed by atoms with E-state index in [0.717, 1.165) is 22.6 Å². The van der Waals surface area contributed by atoms with Gasteiger partial charge in [-0.1, -0.05) is 31.4 Å². The molecule has 90 valence electrons. The summed E-state index contributed by atoms with van der Waals surface area (Å²) in [5, 5.41) is 0. The molecule has 16 heavy (non-hydrogen) atoms.